The summed E-state index contributed by atoms with van der Waals surface area (Å²) in [5.74, 6) is 0.420. The molecule has 0 aliphatic rings. The molecule has 0 saturated carbocycles. The van der Waals surface area contributed by atoms with Gasteiger partial charge in [-0.15, -0.1) is 0 Å². The first-order valence-electron chi connectivity index (χ1n) is 10.3. The maximum atomic E-state index is 12.8. The molecule has 3 N–H and O–H groups in total. The Morgan fingerprint density at radius 2 is 1.65 bits per heavy atom. The number of rotatable bonds is 8. The van der Waals surface area contributed by atoms with Crippen molar-refractivity contribution in [1.29, 1.82) is 0 Å². The quantitative estimate of drug-likeness (QED) is 0.365. The van der Waals surface area contributed by atoms with Crippen molar-refractivity contribution in [2.75, 3.05) is 27.8 Å². The number of benzene rings is 2. The number of hydrogen-bond acceptors (Lipinski definition) is 6. The van der Waals surface area contributed by atoms with Crippen LogP contribution in [0.4, 0.5) is 0 Å². The molecular weight excluding hydrogens is 485 g/mol. The van der Waals surface area contributed by atoms with Crippen LogP contribution in [0.2, 0.25) is 0 Å². The second-order valence-electron chi connectivity index (χ2n) is 8.34. The van der Waals surface area contributed by atoms with Gasteiger partial charge in [-0.25, -0.2) is 8.42 Å². The number of carbonyl (C=O) groups excluding carboxylic acids is 1. The Kier molecular flexibility index (Phi) is 11.3. The molecule has 1 radical (unpaired) electrons. The van der Waals surface area contributed by atoms with Gasteiger partial charge in [0.25, 0.3) is 15.9 Å². The number of thiocarbonyl (C=S) groups is 1. The van der Waals surface area contributed by atoms with Crippen LogP contribution in [-0.2, 0) is 21.9 Å². The van der Waals surface area contributed by atoms with E-state index in [1.165, 1.54) is 27.3 Å². The number of ether oxygens (including phenoxy) is 2. The van der Waals surface area contributed by atoms with Crippen LogP contribution in [0, 0.1) is 0 Å². The summed E-state index contributed by atoms with van der Waals surface area (Å²) in [5.41, 5.74) is 2.07. The summed E-state index contributed by atoms with van der Waals surface area (Å²) in [6, 6.07) is 10.4. The molecule has 2 aromatic carbocycles. The van der Waals surface area contributed by atoms with E-state index in [9.17, 15) is 13.2 Å². The molecule has 0 bridgehead atoms. The first-order valence-corrected chi connectivity index (χ1v) is 12.2. The molecule has 2 rings (SSSR count). The van der Waals surface area contributed by atoms with Crippen LogP contribution in [-0.4, -0.2) is 76.8 Å². The van der Waals surface area contributed by atoms with E-state index in [1.807, 2.05) is 12.1 Å². The van der Waals surface area contributed by atoms with Gasteiger partial charge in [0, 0.05) is 43.1 Å². The third kappa shape index (κ3) is 7.84. The first kappa shape index (κ1) is 30.2. The Bertz CT molecular complexity index is 1130. The summed E-state index contributed by atoms with van der Waals surface area (Å²) >= 11 is 4.91. The average Bonchev–Trinajstić information content (AvgIpc) is 2.77. The maximum Gasteiger partial charge on any atom is 0.267 e. The van der Waals surface area contributed by atoms with Gasteiger partial charge in [-0.2, -0.15) is 0 Å². The van der Waals surface area contributed by atoms with Crippen molar-refractivity contribution in [1.82, 2.24) is 15.4 Å². The van der Waals surface area contributed by atoms with Crippen molar-refractivity contribution in [3.8, 4) is 11.5 Å². The summed E-state index contributed by atoms with van der Waals surface area (Å²) in [4.78, 5) is 12.8. The smallest absolute Gasteiger partial charge is 0.267 e. The van der Waals surface area contributed by atoms with Gasteiger partial charge in [-0.1, -0.05) is 32.9 Å². The maximum absolute atomic E-state index is 12.8. The average molecular weight is 517 g/mol. The molecule has 11 heteroatoms. The number of carbonyl (C=O) groups is 1. The van der Waals surface area contributed by atoms with E-state index >= 15 is 0 Å². The Labute approximate surface area is 229 Å². The molecule has 2 aromatic rings. The molecule has 0 fully saturated rings. The number of methoxy groups -OCH3 is 2. The molecule has 8 nitrogen and oxygen atoms in total. The molecule has 0 aliphatic heterocycles. The van der Waals surface area contributed by atoms with Crippen LogP contribution in [0.15, 0.2) is 41.3 Å². The van der Waals surface area contributed by atoms with Gasteiger partial charge in [-0.05, 0) is 59.4 Å². The second kappa shape index (κ2) is 12.7. The number of amides is 1. The fourth-order valence-corrected chi connectivity index (χ4v) is 4.59. The molecule has 181 valence electrons. The van der Waals surface area contributed by atoms with Gasteiger partial charge in [0.05, 0.1) is 19.8 Å². The Balaban J connectivity index is 0.00000578. The van der Waals surface area contributed by atoms with Crippen LogP contribution >= 0.6 is 12.2 Å². The van der Waals surface area contributed by atoms with Crippen molar-refractivity contribution in [3.05, 3.63) is 53.1 Å². The van der Waals surface area contributed by atoms with E-state index in [1.54, 1.807) is 18.2 Å². The molecule has 0 saturated heterocycles. The minimum atomic E-state index is -3.93. The fraction of sp³-hybridized carbons (Fsp3) is 0.391. The summed E-state index contributed by atoms with van der Waals surface area (Å²) in [6.07, 6.45) is 0.413. The molecular formula is C23H31N3NaO5S2. The molecule has 0 heterocycles. The SMILES string of the molecule is CNC(=S)NS(=O)(=O)c1cc(CCNC(=O)c2cc(C(C)(C)C)ccc2OC)ccc1OC.[Na]. The summed E-state index contributed by atoms with van der Waals surface area (Å²) in [5, 5.41) is 5.43. The minimum absolute atomic E-state index is 0. The van der Waals surface area contributed by atoms with Gasteiger partial charge in [0.15, 0.2) is 5.11 Å². The number of nitrogens with one attached hydrogen (secondary N) is 3. The zero-order chi connectivity index (χ0) is 24.8. The normalized spacial score (nSPS) is 11.1. The van der Waals surface area contributed by atoms with E-state index in [-0.39, 0.29) is 56.6 Å². The van der Waals surface area contributed by atoms with Gasteiger partial charge >= 0.3 is 0 Å². The molecule has 34 heavy (non-hydrogen) atoms. The van der Waals surface area contributed by atoms with E-state index in [0.29, 0.717) is 29.8 Å². The monoisotopic (exact) mass is 516 g/mol. The second-order valence-corrected chi connectivity index (χ2v) is 10.4. The predicted molar refractivity (Wildman–Crippen MR) is 138 cm³/mol. The van der Waals surface area contributed by atoms with E-state index in [0.717, 1.165) is 5.56 Å². The Morgan fingerprint density at radius 3 is 2.21 bits per heavy atom. The number of hydrogen-bond donors (Lipinski definition) is 3. The molecule has 0 unspecified atom stereocenters. The Morgan fingerprint density at radius 1 is 1.03 bits per heavy atom. The van der Waals surface area contributed by atoms with Crippen LogP contribution in [0.3, 0.4) is 0 Å². The van der Waals surface area contributed by atoms with Gasteiger partial charge in [0.1, 0.15) is 16.4 Å². The summed E-state index contributed by atoms with van der Waals surface area (Å²) < 4.78 is 38.2. The zero-order valence-electron chi connectivity index (χ0n) is 20.7. The van der Waals surface area contributed by atoms with Crippen molar-refractivity contribution in [2.24, 2.45) is 0 Å². The molecule has 1 amide bonds. The fourth-order valence-electron chi connectivity index (χ4n) is 3.08. The standard InChI is InChI=1S/C23H31N3O5S2.Na/c1-23(2,3)16-8-10-18(30-5)17(14-16)21(27)25-12-11-15-7-9-19(31-6)20(13-15)33(28,29)26-22(32)24-4;/h7-10,13-14H,11-12H2,1-6H3,(H,25,27)(H2,24,26,32);. The topological polar surface area (TPSA) is 106 Å². The largest absolute Gasteiger partial charge is 0.496 e. The molecule has 0 aromatic heterocycles. The van der Waals surface area contributed by atoms with E-state index in [2.05, 4.69) is 36.1 Å². The zero-order valence-corrected chi connectivity index (χ0v) is 24.4. The minimum Gasteiger partial charge on any atom is -0.496 e. The molecule has 0 atom stereocenters. The first-order chi connectivity index (χ1) is 15.4. The third-order valence-electron chi connectivity index (χ3n) is 4.98. The van der Waals surface area contributed by atoms with Gasteiger partial charge < -0.3 is 20.1 Å². The van der Waals surface area contributed by atoms with Crippen LogP contribution < -0.4 is 24.8 Å². The van der Waals surface area contributed by atoms with E-state index in [4.69, 9.17) is 21.7 Å². The van der Waals surface area contributed by atoms with E-state index < -0.39 is 10.0 Å². The summed E-state index contributed by atoms with van der Waals surface area (Å²) in [6.45, 7) is 6.52. The van der Waals surface area contributed by atoms with Crippen LogP contribution in [0.1, 0.15) is 42.3 Å². The van der Waals surface area contributed by atoms with Crippen LogP contribution in [0.5, 0.6) is 11.5 Å². The van der Waals surface area contributed by atoms with Gasteiger partial charge in [-0.3, -0.25) is 9.52 Å². The number of sulfonamides is 1. The van der Waals surface area contributed by atoms with Gasteiger partial charge in [0.2, 0.25) is 0 Å². The molecule has 0 aliphatic carbocycles. The molecule has 0 spiro atoms. The predicted octanol–water partition coefficient (Wildman–Crippen LogP) is 2.38. The third-order valence-corrected chi connectivity index (χ3v) is 6.79. The Hall–Kier alpha value is -1.85. The van der Waals surface area contributed by atoms with Crippen molar-refractivity contribution < 1.29 is 22.7 Å². The summed E-state index contributed by atoms with van der Waals surface area (Å²) in [7, 11) is 0.506. The van der Waals surface area contributed by atoms with Crippen molar-refractivity contribution in [3.63, 3.8) is 0 Å². The van der Waals surface area contributed by atoms with Crippen molar-refractivity contribution >= 4 is 62.8 Å². The van der Waals surface area contributed by atoms with Crippen molar-refractivity contribution in [2.45, 2.75) is 37.5 Å². The van der Waals surface area contributed by atoms with Crippen LogP contribution in [0.25, 0.3) is 0 Å².